The molecule has 0 aromatic rings. The van der Waals surface area contributed by atoms with Gasteiger partial charge in [0.05, 0.1) is 0 Å². The summed E-state index contributed by atoms with van der Waals surface area (Å²) in [6.07, 6.45) is 0. The lowest BCUT2D eigenvalue weighted by Gasteiger charge is -2.23. The summed E-state index contributed by atoms with van der Waals surface area (Å²) < 4.78 is 10.5. The van der Waals surface area contributed by atoms with E-state index in [1.54, 1.807) is 14.2 Å². The van der Waals surface area contributed by atoms with Crippen molar-refractivity contribution in [3.05, 3.63) is 0 Å². The van der Waals surface area contributed by atoms with Gasteiger partial charge in [0.1, 0.15) is 0 Å². The Bertz CT molecular complexity index is 93.7. The van der Waals surface area contributed by atoms with Crippen LogP contribution in [0.15, 0.2) is 0 Å². The first-order valence-electron chi connectivity index (χ1n) is 3.32. The maximum Gasteiger partial charge on any atom is 0.335 e. The average molecular weight is 180 g/mol. The maximum atomic E-state index is 5.27. The van der Waals surface area contributed by atoms with Gasteiger partial charge in [-0.25, -0.2) is 0 Å². The van der Waals surface area contributed by atoms with Crippen molar-refractivity contribution in [2.45, 2.75) is 24.8 Å². The molecule has 0 bridgehead atoms. The summed E-state index contributed by atoms with van der Waals surface area (Å²) in [7, 11) is 1.56. The zero-order valence-electron chi connectivity index (χ0n) is 7.05. The van der Waals surface area contributed by atoms with Gasteiger partial charge in [-0.15, -0.1) is 0 Å². The Morgan fingerprint density at radius 3 is 1.90 bits per heavy atom. The molecule has 0 aromatic heterocycles. The second kappa shape index (κ2) is 4.38. The normalized spacial score (nSPS) is 15.3. The molecule has 10 heavy (non-hydrogen) atoms. The highest BCUT2D eigenvalue weighted by atomic mass is 32.1. The van der Waals surface area contributed by atoms with E-state index in [9.17, 15) is 0 Å². The molecule has 0 aromatic carbocycles. The number of hydrogen-bond acceptors (Lipinski definition) is 3. The molecule has 1 atom stereocenters. The molecule has 0 fully saturated rings. The molecule has 4 heteroatoms. The second-order valence-electron chi connectivity index (χ2n) is 2.60. The lowest BCUT2D eigenvalue weighted by molar-refractivity contribution is 0.249. The van der Waals surface area contributed by atoms with E-state index in [0.717, 1.165) is 6.04 Å². The third-order valence-electron chi connectivity index (χ3n) is 1.53. The summed E-state index contributed by atoms with van der Waals surface area (Å²) in [5, 5.41) is 0.358. The Hall–Kier alpha value is 0.487. The Labute approximate surface area is 69.6 Å². The SMILES string of the molecule is CO[Si](C)(CC(C)S)OC. The van der Waals surface area contributed by atoms with Crippen molar-refractivity contribution >= 4 is 21.2 Å². The van der Waals surface area contributed by atoms with Crippen molar-refractivity contribution in [2.75, 3.05) is 14.2 Å². The van der Waals surface area contributed by atoms with Crippen LogP contribution in [-0.2, 0) is 8.85 Å². The summed E-state index contributed by atoms with van der Waals surface area (Å²) in [6.45, 7) is 4.09. The molecule has 0 aliphatic heterocycles. The van der Waals surface area contributed by atoms with Gasteiger partial charge >= 0.3 is 8.56 Å². The van der Waals surface area contributed by atoms with E-state index in [1.165, 1.54) is 0 Å². The van der Waals surface area contributed by atoms with E-state index >= 15 is 0 Å². The molecule has 0 rings (SSSR count). The van der Waals surface area contributed by atoms with Crippen LogP contribution in [0.1, 0.15) is 6.92 Å². The monoisotopic (exact) mass is 180 g/mol. The Balaban J connectivity index is 3.80. The van der Waals surface area contributed by atoms with Gasteiger partial charge in [-0.1, -0.05) is 6.92 Å². The van der Waals surface area contributed by atoms with E-state index in [0.29, 0.717) is 5.25 Å². The van der Waals surface area contributed by atoms with Crippen LogP contribution in [0.5, 0.6) is 0 Å². The minimum absolute atomic E-state index is 0.358. The summed E-state index contributed by atoms with van der Waals surface area (Å²) >= 11 is 4.27. The predicted octanol–water partition coefficient (Wildman–Crippen LogP) is 1.67. The van der Waals surface area contributed by atoms with Gasteiger partial charge in [0.2, 0.25) is 0 Å². The van der Waals surface area contributed by atoms with Crippen molar-refractivity contribution in [1.82, 2.24) is 0 Å². The first-order valence-corrected chi connectivity index (χ1v) is 6.36. The molecule has 0 N–H and O–H groups in total. The minimum atomic E-state index is -1.84. The number of hydrogen-bond donors (Lipinski definition) is 1. The first kappa shape index (κ1) is 10.5. The van der Waals surface area contributed by atoms with Gasteiger partial charge in [0.25, 0.3) is 0 Å². The Kier molecular flexibility index (Phi) is 4.60. The number of rotatable bonds is 4. The zero-order valence-corrected chi connectivity index (χ0v) is 8.94. The Morgan fingerprint density at radius 1 is 1.40 bits per heavy atom. The summed E-state index contributed by atoms with van der Waals surface area (Å²) in [5.74, 6) is 0. The zero-order chi connectivity index (χ0) is 8.20. The molecule has 0 saturated carbocycles. The highest BCUT2D eigenvalue weighted by molar-refractivity contribution is 7.81. The molecule has 0 radical (unpaired) electrons. The molecule has 0 amide bonds. The van der Waals surface area contributed by atoms with Gasteiger partial charge in [0.15, 0.2) is 0 Å². The Morgan fingerprint density at radius 2 is 1.80 bits per heavy atom. The van der Waals surface area contributed by atoms with Crippen LogP contribution in [0.4, 0.5) is 0 Å². The average Bonchev–Trinajstić information content (AvgIpc) is 1.87. The van der Waals surface area contributed by atoms with Crippen LogP contribution in [0, 0.1) is 0 Å². The third kappa shape index (κ3) is 3.61. The summed E-state index contributed by atoms with van der Waals surface area (Å²) in [6, 6.07) is 0.934. The van der Waals surface area contributed by atoms with Crippen molar-refractivity contribution in [1.29, 1.82) is 0 Å². The van der Waals surface area contributed by atoms with Gasteiger partial charge in [-0.05, 0) is 6.55 Å². The second-order valence-corrected chi connectivity index (χ2v) is 6.97. The topological polar surface area (TPSA) is 18.5 Å². The van der Waals surface area contributed by atoms with E-state index in [4.69, 9.17) is 8.85 Å². The van der Waals surface area contributed by atoms with Crippen LogP contribution in [0.3, 0.4) is 0 Å². The van der Waals surface area contributed by atoms with E-state index in [1.807, 2.05) is 13.5 Å². The van der Waals surface area contributed by atoms with Crippen molar-refractivity contribution < 1.29 is 8.85 Å². The molecule has 0 spiro atoms. The lowest BCUT2D eigenvalue weighted by Crippen LogP contribution is -2.37. The van der Waals surface area contributed by atoms with Crippen LogP contribution in [0.25, 0.3) is 0 Å². The molecule has 62 valence electrons. The van der Waals surface area contributed by atoms with Crippen molar-refractivity contribution in [3.63, 3.8) is 0 Å². The lowest BCUT2D eigenvalue weighted by atomic mass is 10.6. The molecular formula is C6H16O2SSi. The van der Waals surface area contributed by atoms with E-state index in [-0.39, 0.29) is 0 Å². The van der Waals surface area contributed by atoms with E-state index in [2.05, 4.69) is 12.6 Å². The van der Waals surface area contributed by atoms with Crippen molar-refractivity contribution in [2.24, 2.45) is 0 Å². The van der Waals surface area contributed by atoms with Crippen LogP contribution >= 0.6 is 12.6 Å². The molecule has 1 unspecified atom stereocenters. The van der Waals surface area contributed by atoms with Gasteiger partial charge in [-0.2, -0.15) is 12.6 Å². The molecular weight excluding hydrogens is 164 g/mol. The van der Waals surface area contributed by atoms with E-state index < -0.39 is 8.56 Å². The minimum Gasteiger partial charge on any atom is -0.398 e. The third-order valence-corrected chi connectivity index (χ3v) is 5.14. The molecule has 0 heterocycles. The predicted molar refractivity (Wildman–Crippen MR) is 48.9 cm³/mol. The molecule has 0 aliphatic carbocycles. The van der Waals surface area contributed by atoms with Gasteiger partial charge < -0.3 is 8.85 Å². The van der Waals surface area contributed by atoms with Crippen LogP contribution in [-0.4, -0.2) is 28.0 Å². The van der Waals surface area contributed by atoms with Crippen LogP contribution < -0.4 is 0 Å². The number of thiol groups is 1. The first-order chi connectivity index (χ1) is 4.54. The molecule has 0 saturated heterocycles. The summed E-state index contributed by atoms with van der Waals surface area (Å²) in [5.41, 5.74) is 0. The van der Waals surface area contributed by atoms with Gasteiger partial charge in [-0.3, -0.25) is 0 Å². The summed E-state index contributed by atoms with van der Waals surface area (Å²) in [4.78, 5) is 0. The fraction of sp³-hybridized carbons (Fsp3) is 1.00. The molecule has 2 nitrogen and oxygen atoms in total. The highest BCUT2D eigenvalue weighted by Gasteiger charge is 2.29. The largest absolute Gasteiger partial charge is 0.398 e. The fourth-order valence-corrected chi connectivity index (χ4v) is 3.35. The van der Waals surface area contributed by atoms with Crippen molar-refractivity contribution in [3.8, 4) is 0 Å². The van der Waals surface area contributed by atoms with Gasteiger partial charge in [0, 0.05) is 25.5 Å². The quantitative estimate of drug-likeness (QED) is 0.524. The standard InChI is InChI=1S/C6H16O2SSi/c1-6(9)5-10(4,7-2)8-3/h6,9H,5H2,1-4H3. The highest BCUT2D eigenvalue weighted by Crippen LogP contribution is 2.16. The fourth-order valence-electron chi connectivity index (χ4n) is 0.787. The maximum absolute atomic E-state index is 5.27. The van der Waals surface area contributed by atoms with Crippen LogP contribution in [0.2, 0.25) is 12.6 Å². The smallest absolute Gasteiger partial charge is 0.335 e. The molecule has 0 aliphatic rings.